The Morgan fingerprint density at radius 2 is 2.00 bits per heavy atom. The summed E-state index contributed by atoms with van der Waals surface area (Å²) in [4.78, 5) is 23.5. The summed E-state index contributed by atoms with van der Waals surface area (Å²) in [5, 5.41) is 4.89. The van der Waals surface area contributed by atoms with E-state index in [1.807, 2.05) is 0 Å². The van der Waals surface area contributed by atoms with E-state index in [9.17, 15) is 18.4 Å². The molecule has 1 atom stereocenters. The van der Waals surface area contributed by atoms with Gasteiger partial charge in [0, 0.05) is 11.6 Å². The van der Waals surface area contributed by atoms with Crippen molar-refractivity contribution in [3.63, 3.8) is 0 Å². The van der Waals surface area contributed by atoms with Gasteiger partial charge in [-0.25, -0.2) is 8.78 Å². The van der Waals surface area contributed by atoms with Gasteiger partial charge in [0.2, 0.25) is 5.91 Å². The van der Waals surface area contributed by atoms with Gasteiger partial charge in [-0.2, -0.15) is 0 Å². The van der Waals surface area contributed by atoms with Crippen LogP contribution in [0, 0.1) is 11.6 Å². The molecule has 0 aliphatic rings. The molecule has 122 valence electrons. The maximum Gasteiger partial charge on any atom is 0.287 e. The average molecular weight is 387 g/mol. The van der Waals surface area contributed by atoms with E-state index in [1.54, 1.807) is 13.0 Å². The van der Waals surface area contributed by atoms with E-state index in [-0.39, 0.29) is 17.9 Å². The maximum absolute atomic E-state index is 13.6. The molecule has 0 bridgehead atoms. The smallest absolute Gasteiger partial charge is 0.287 e. The Balaban J connectivity index is 1.88. The minimum absolute atomic E-state index is 0.0577. The summed E-state index contributed by atoms with van der Waals surface area (Å²) >= 11 is 3.06. The van der Waals surface area contributed by atoms with Crippen LogP contribution in [0.15, 0.2) is 39.4 Å². The van der Waals surface area contributed by atoms with E-state index < -0.39 is 29.5 Å². The summed E-state index contributed by atoms with van der Waals surface area (Å²) in [6.07, 6.45) is 0. The Labute approximate surface area is 139 Å². The first-order valence-corrected chi connectivity index (χ1v) is 7.44. The molecule has 5 nitrogen and oxygen atoms in total. The van der Waals surface area contributed by atoms with Crippen LogP contribution in [0.1, 0.15) is 29.1 Å². The van der Waals surface area contributed by atoms with Crippen molar-refractivity contribution in [2.24, 2.45) is 0 Å². The zero-order valence-electron chi connectivity index (χ0n) is 12.0. The van der Waals surface area contributed by atoms with Gasteiger partial charge < -0.3 is 15.1 Å². The maximum atomic E-state index is 13.6. The predicted molar refractivity (Wildman–Crippen MR) is 81.7 cm³/mol. The van der Waals surface area contributed by atoms with E-state index in [4.69, 9.17) is 4.42 Å². The number of carbonyl (C=O) groups excluding carboxylic acids is 2. The van der Waals surface area contributed by atoms with Crippen LogP contribution in [0.3, 0.4) is 0 Å². The monoisotopic (exact) mass is 386 g/mol. The average Bonchev–Trinajstić information content (AvgIpc) is 2.91. The van der Waals surface area contributed by atoms with Gasteiger partial charge in [-0.1, -0.05) is 6.07 Å². The number of nitrogens with one attached hydrogen (secondary N) is 2. The van der Waals surface area contributed by atoms with Crippen LogP contribution in [-0.2, 0) is 4.79 Å². The minimum Gasteiger partial charge on any atom is -0.444 e. The summed E-state index contributed by atoms with van der Waals surface area (Å²) in [6.45, 7) is 1.25. The van der Waals surface area contributed by atoms with Crippen molar-refractivity contribution in [2.45, 2.75) is 13.0 Å². The third-order valence-electron chi connectivity index (χ3n) is 3.01. The molecule has 0 aliphatic carbocycles. The number of furan rings is 1. The van der Waals surface area contributed by atoms with Crippen LogP contribution in [0.25, 0.3) is 0 Å². The van der Waals surface area contributed by atoms with Gasteiger partial charge in [0.1, 0.15) is 11.6 Å². The first-order valence-electron chi connectivity index (χ1n) is 6.64. The molecule has 0 saturated heterocycles. The number of amides is 2. The van der Waals surface area contributed by atoms with Crippen molar-refractivity contribution >= 4 is 27.7 Å². The lowest BCUT2D eigenvalue weighted by molar-refractivity contribution is -0.120. The molecule has 2 rings (SSSR count). The summed E-state index contributed by atoms with van der Waals surface area (Å²) in [5.74, 6) is -2.45. The van der Waals surface area contributed by atoms with Crippen molar-refractivity contribution in [1.29, 1.82) is 0 Å². The molecule has 0 saturated carbocycles. The van der Waals surface area contributed by atoms with Crippen molar-refractivity contribution in [3.8, 4) is 0 Å². The summed E-state index contributed by atoms with van der Waals surface area (Å²) in [5.41, 5.74) is 0.154. The molecule has 0 spiro atoms. The van der Waals surface area contributed by atoms with Gasteiger partial charge >= 0.3 is 0 Å². The quantitative estimate of drug-likeness (QED) is 0.829. The number of carbonyl (C=O) groups is 2. The van der Waals surface area contributed by atoms with Crippen molar-refractivity contribution < 1.29 is 22.8 Å². The normalized spacial score (nSPS) is 11.8. The van der Waals surface area contributed by atoms with Gasteiger partial charge in [-0.3, -0.25) is 9.59 Å². The molecule has 8 heteroatoms. The molecule has 2 aromatic rings. The lowest BCUT2D eigenvalue weighted by Gasteiger charge is -2.15. The second kappa shape index (κ2) is 7.36. The van der Waals surface area contributed by atoms with Gasteiger partial charge in [-0.05, 0) is 41.1 Å². The molecular weight excluding hydrogens is 374 g/mol. The zero-order valence-corrected chi connectivity index (χ0v) is 13.6. The van der Waals surface area contributed by atoms with Gasteiger partial charge in [0.05, 0.1) is 12.6 Å². The summed E-state index contributed by atoms with van der Waals surface area (Å²) in [7, 11) is 0. The first kappa shape index (κ1) is 17.1. The Morgan fingerprint density at radius 3 is 2.61 bits per heavy atom. The highest BCUT2D eigenvalue weighted by molar-refractivity contribution is 9.10. The highest BCUT2D eigenvalue weighted by atomic mass is 79.9. The molecule has 1 aromatic heterocycles. The third-order valence-corrected chi connectivity index (χ3v) is 3.44. The number of hydrogen-bond donors (Lipinski definition) is 2. The van der Waals surface area contributed by atoms with Gasteiger partial charge in [0.15, 0.2) is 10.4 Å². The fourth-order valence-electron chi connectivity index (χ4n) is 1.91. The Hall–Kier alpha value is -2.22. The second-order valence-corrected chi connectivity index (χ2v) is 5.52. The largest absolute Gasteiger partial charge is 0.444 e. The number of benzene rings is 1. The molecule has 1 aromatic carbocycles. The fraction of sp³-hybridized carbons (Fsp3) is 0.200. The molecule has 2 N–H and O–H groups in total. The van der Waals surface area contributed by atoms with Gasteiger partial charge in [-0.15, -0.1) is 0 Å². The number of rotatable bonds is 5. The SMILES string of the molecule is C[C@H](NC(=O)CNC(=O)c1ccc(Br)o1)c1ccc(F)cc1F. The topological polar surface area (TPSA) is 71.3 Å². The second-order valence-electron chi connectivity index (χ2n) is 4.74. The number of hydrogen-bond acceptors (Lipinski definition) is 3. The number of halogens is 3. The van der Waals surface area contributed by atoms with E-state index in [1.165, 1.54) is 12.1 Å². The Morgan fingerprint density at radius 1 is 1.26 bits per heavy atom. The van der Waals surface area contributed by atoms with Crippen LogP contribution < -0.4 is 10.6 Å². The van der Waals surface area contributed by atoms with E-state index in [0.29, 0.717) is 4.67 Å². The van der Waals surface area contributed by atoms with Crippen LogP contribution in [0.5, 0.6) is 0 Å². The van der Waals surface area contributed by atoms with E-state index >= 15 is 0 Å². The lowest BCUT2D eigenvalue weighted by Crippen LogP contribution is -2.38. The highest BCUT2D eigenvalue weighted by Crippen LogP contribution is 2.17. The zero-order chi connectivity index (χ0) is 17.0. The van der Waals surface area contributed by atoms with Crippen molar-refractivity contribution in [1.82, 2.24) is 10.6 Å². The summed E-state index contributed by atoms with van der Waals surface area (Å²) in [6, 6.07) is 5.45. The van der Waals surface area contributed by atoms with Crippen LogP contribution in [-0.4, -0.2) is 18.4 Å². The van der Waals surface area contributed by atoms with E-state index in [0.717, 1.165) is 12.1 Å². The molecule has 1 heterocycles. The Kier molecular flexibility index (Phi) is 5.49. The molecule has 0 radical (unpaired) electrons. The fourth-order valence-corrected chi connectivity index (χ4v) is 2.21. The molecule has 0 fully saturated rings. The summed E-state index contributed by atoms with van der Waals surface area (Å²) < 4.78 is 31.9. The Bertz CT molecular complexity index is 733. The van der Waals surface area contributed by atoms with Crippen LogP contribution in [0.2, 0.25) is 0 Å². The van der Waals surface area contributed by atoms with Crippen LogP contribution in [0.4, 0.5) is 8.78 Å². The molecule has 2 amide bonds. The standard InChI is InChI=1S/C15H13BrF2N2O3/c1-8(10-3-2-9(17)6-11(10)18)20-14(21)7-19-15(22)12-4-5-13(16)23-12/h2-6,8H,7H2,1H3,(H,19,22)(H,20,21)/t8-/m0/s1. The van der Waals surface area contributed by atoms with Crippen molar-refractivity contribution in [3.05, 3.63) is 58.0 Å². The molecular formula is C15H13BrF2N2O3. The minimum atomic E-state index is -0.748. The van der Waals surface area contributed by atoms with Gasteiger partial charge in [0.25, 0.3) is 5.91 Å². The van der Waals surface area contributed by atoms with E-state index in [2.05, 4.69) is 26.6 Å². The third kappa shape index (κ3) is 4.62. The molecule has 23 heavy (non-hydrogen) atoms. The first-order chi connectivity index (χ1) is 10.9. The van der Waals surface area contributed by atoms with Crippen LogP contribution >= 0.6 is 15.9 Å². The molecule has 0 aliphatic heterocycles. The lowest BCUT2D eigenvalue weighted by atomic mass is 10.1. The predicted octanol–water partition coefficient (Wildman–Crippen LogP) is 2.93. The van der Waals surface area contributed by atoms with Crippen molar-refractivity contribution in [2.75, 3.05) is 6.54 Å². The highest BCUT2D eigenvalue weighted by Gasteiger charge is 2.16. The molecule has 0 unspecified atom stereocenters.